The van der Waals surface area contributed by atoms with Crippen molar-refractivity contribution in [2.45, 2.75) is 52.6 Å². The zero-order chi connectivity index (χ0) is 11.1. The van der Waals surface area contributed by atoms with Crippen LogP contribution in [0, 0.1) is 11.8 Å². The number of hydrogen-bond acceptors (Lipinski definition) is 2. The van der Waals surface area contributed by atoms with Crippen molar-refractivity contribution in [1.29, 1.82) is 0 Å². The average Bonchev–Trinajstić information content (AvgIpc) is 2.11. The van der Waals surface area contributed by atoms with Crippen LogP contribution >= 0.6 is 0 Å². The fourth-order valence-electron chi connectivity index (χ4n) is 1.98. The predicted octanol–water partition coefficient (Wildman–Crippen LogP) is 2.25. The largest absolute Gasteiger partial charge is 0.317 e. The van der Waals surface area contributed by atoms with Crippen LogP contribution in [0.2, 0.25) is 0 Å². The minimum Gasteiger partial charge on any atom is -0.317 e. The molecule has 0 spiro atoms. The molecule has 14 heavy (non-hydrogen) atoms. The van der Waals surface area contributed by atoms with Crippen molar-refractivity contribution in [1.82, 2.24) is 10.6 Å². The van der Waals surface area contributed by atoms with E-state index in [9.17, 15) is 0 Å². The number of nitrogens with one attached hydrogen (secondary N) is 2. The molecule has 0 fully saturated rings. The van der Waals surface area contributed by atoms with E-state index in [1.165, 1.54) is 12.8 Å². The van der Waals surface area contributed by atoms with E-state index in [1.807, 2.05) is 0 Å². The normalized spacial score (nSPS) is 16.3. The summed E-state index contributed by atoms with van der Waals surface area (Å²) in [5.74, 6) is 1.45. The van der Waals surface area contributed by atoms with Gasteiger partial charge in [0.15, 0.2) is 0 Å². The standard InChI is InChI=1S/C12H28N2/c1-9(2)11(13-5)7-8-12(14-6)10(3)4/h9-14H,7-8H2,1-6H3. The van der Waals surface area contributed by atoms with Gasteiger partial charge in [-0.2, -0.15) is 0 Å². The van der Waals surface area contributed by atoms with E-state index in [0.29, 0.717) is 12.1 Å². The molecule has 0 aromatic rings. The van der Waals surface area contributed by atoms with Crippen molar-refractivity contribution in [3.8, 4) is 0 Å². The molecule has 2 heteroatoms. The molecule has 0 heterocycles. The Balaban J connectivity index is 3.88. The van der Waals surface area contributed by atoms with Gasteiger partial charge in [0, 0.05) is 12.1 Å². The van der Waals surface area contributed by atoms with Crippen molar-refractivity contribution in [3.63, 3.8) is 0 Å². The molecule has 86 valence electrons. The van der Waals surface area contributed by atoms with Gasteiger partial charge in [-0.25, -0.2) is 0 Å². The van der Waals surface area contributed by atoms with Gasteiger partial charge >= 0.3 is 0 Å². The molecular weight excluding hydrogens is 172 g/mol. The van der Waals surface area contributed by atoms with Gasteiger partial charge in [-0.05, 0) is 38.8 Å². The lowest BCUT2D eigenvalue weighted by Gasteiger charge is -2.25. The van der Waals surface area contributed by atoms with E-state index >= 15 is 0 Å². The first kappa shape index (κ1) is 13.9. The van der Waals surface area contributed by atoms with Crippen LogP contribution in [-0.4, -0.2) is 26.2 Å². The molecule has 0 aliphatic rings. The van der Waals surface area contributed by atoms with Crippen LogP contribution in [0.3, 0.4) is 0 Å². The SMILES string of the molecule is CNC(CCC(NC)C(C)C)C(C)C. The van der Waals surface area contributed by atoms with Crippen LogP contribution in [0.1, 0.15) is 40.5 Å². The molecule has 0 aliphatic carbocycles. The molecule has 0 aromatic heterocycles. The Morgan fingerprint density at radius 3 is 1.14 bits per heavy atom. The van der Waals surface area contributed by atoms with Gasteiger partial charge in [0.05, 0.1) is 0 Å². The van der Waals surface area contributed by atoms with Crippen molar-refractivity contribution in [3.05, 3.63) is 0 Å². The summed E-state index contributed by atoms with van der Waals surface area (Å²) in [6, 6.07) is 1.31. The fraction of sp³-hybridized carbons (Fsp3) is 1.00. The van der Waals surface area contributed by atoms with E-state index in [-0.39, 0.29) is 0 Å². The predicted molar refractivity (Wildman–Crippen MR) is 64.6 cm³/mol. The van der Waals surface area contributed by atoms with E-state index < -0.39 is 0 Å². The van der Waals surface area contributed by atoms with Gasteiger partial charge < -0.3 is 10.6 Å². The molecular formula is C12H28N2. The molecule has 0 amide bonds. The summed E-state index contributed by atoms with van der Waals surface area (Å²) < 4.78 is 0. The summed E-state index contributed by atoms with van der Waals surface area (Å²) in [5, 5.41) is 6.78. The van der Waals surface area contributed by atoms with Crippen LogP contribution in [0.4, 0.5) is 0 Å². The average molecular weight is 200 g/mol. The van der Waals surface area contributed by atoms with Gasteiger partial charge in [0.2, 0.25) is 0 Å². The first-order chi connectivity index (χ1) is 6.52. The van der Waals surface area contributed by atoms with Crippen LogP contribution < -0.4 is 10.6 Å². The summed E-state index contributed by atoms with van der Waals surface area (Å²) in [7, 11) is 4.13. The Morgan fingerprint density at radius 2 is 1.00 bits per heavy atom. The molecule has 0 rings (SSSR count). The zero-order valence-electron chi connectivity index (χ0n) is 10.7. The number of rotatable bonds is 7. The molecule has 2 unspecified atom stereocenters. The third kappa shape index (κ3) is 4.97. The smallest absolute Gasteiger partial charge is 0.00876 e. The Kier molecular flexibility index (Phi) is 7.20. The van der Waals surface area contributed by atoms with Crippen molar-refractivity contribution < 1.29 is 0 Å². The van der Waals surface area contributed by atoms with Gasteiger partial charge in [-0.15, -0.1) is 0 Å². The van der Waals surface area contributed by atoms with Crippen LogP contribution in [-0.2, 0) is 0 Å². The maximum atomic E-state index is 3.39. The molecule has 2 nitrogen and oxygen atoms in total. The third-order valence-corrected chi connectivity index (χ3v) is 3.14. The van der Waals surface area contributed by atoms with Crippen LogP contribution in [0.25, 0.3) is 0 Å². The number of hydrogen-bond donors (Lipinski definition) is 2. The maximum absolute atomic E-state index is 3.39. The van der Waals surface area contributed by atoms with E-state index in [4.69, 9.17) is 0 Å². The highest BCUT2D eigenvalue weighted by Crippen LogP contribution is 2.13. The van der Waals surface area contributed by atoms with E-state index in [1.54, 1.807) is 0 Å². The fourth-order valence-corrected chi connectivity index (χ4v) is 1.98. The quantitative estimate of drug-likeness (QED) is 0.659. The van der Waals surface area contributed by atoms with Crippen molar-refractivity contribution >= 4 is 0 Å². The molecule has 0 aliphatic heterocycles. The second-order valence-corrected chi connectivity index (χ2v) is 4.86. The molecule has 0 bridgehead atoms. The van der Waals surface area contributed by atoms with Crippen molar-refractivity contribution in [2.75, 3.05) is 14.1 Å². The molecule has 2 atom stereocenters. The first-order valence-electron chi connectivity index (χ1n) is 5.87. The summed E-state index contributed by atoms with van der Waals surface area (Å²) in [6.45, 7) is 9.13. The molecule has 0 saturated heterocycles. The Labute approximate surface area is 89.9 Å². The van der Waals surface area contributed by atoms with Crippen molar-refractivity contribution in [2.24, 2.45) is 11.8 Å². The van der Waals surface area contributed by atoms with E-state index in [2.05, 4.69) is 52.4 Å². The lowest BCUT2D eigenvalue weighted by Crippen LogP contribution is -2.36. The lowest BCUT2D eigenvalue weighted by molar-refractivity contribution is 0.332. The Bertz CT molecular complexity index is 116. The highest BCUT2D eigenvalue weighted by Gasteiger charge is 2.15. The zero-order valence-corrected chi connectivity index (χ0v) is 10.7. The maximum Gasteiger partial charge on any atom is 0.00876 e. The second kappa shape index (κ2) is 7.24. The summed E-state index contributed by atoms with van der Waals surface area (Å²) in [6.07, 6.45) is 2.52. The van der Waals surface area contributed by atoms with Gasteiger partial charge in [-0.3, -0.25) is 0 Å². The summed E-state index contributed by atoms with van der Waals surface area (Å²) in [4.78, 5) is 0. The topological polar surface area (TPSA) is 24.1 Å². The second-order valence-electron chi connectivity index (χ2n) is 4.86. The summed E-state index contributed by atoms with van der Waals surface area (Å²) >= 11 is 0. The summed E-state index contributed by atoms with van der Waals surface area (Å²) in [5.41, 5.74) is 0. The van der Waals surface area contributed by atoms with Gasteiger partial charge in [-0.1, -0.05) is 27.7 Å². The highest BCUT2D eigenvalue weighted by atomic mass is 14.9. The molecule has 0 radical (unpaired) electrons. The third-order valence-electron chi connectivity index (χ3n) is 3.14. The van der Waals surface area contributed by atoms with Gasteiger partial charge in [0.1, 0.15) is 0 Å². The monoisotopic (exact) mass is 200 g/mol. The van der Waals surface area contributed by atoms with Crippen LogP contribution in [0.5, 0.6) is 0 Å². The highest BCUT2D eigenvalue weighted by molar-refractivity contribution is 4.75. The minimum absolute atomic E-state index is 0.657. The Hall–Kier alpha value is -0.0800. The molecule has 0 aromatic carbocycles. The minimum atomic E-state index is 0.657. The molecule has 0 saturated carbocycles. The Morgan fingerprint density at radius 1 is 0.714 bits per heavy atom. The first-order valence-corrected chi connectivity index (χ1v) is 5.87. The lowest BCUT2D eigenvalue weighted by atomic mass is 9.93. The van der Waals surface area contributed by atoms with E-state index in [0.717, 1.165) is 11.8 Å². The van der Waals surface area contributed by atoms with Gasteiger partial charge in [0.25, 0.3) is 0 Å². The molecule has 2 N–H and O–H groups in total. The van der Waals surface area contributed by atoms with Crippen LogP contribution in [0.15, 0.2) is 0 Å².